The third-order valence-electron chi connectivity index (χ3n) is 7.78. The van der Waals surface area contributed by atoms with Crippen LogP contribution >= 0.6 is 0 Å². The zero-order valence-electron chi connectivity index (χ0n) is 21.9. The van der Waals surface area contributed by atoms with Gasteiger partial charge >= 0.3 is 0 Å². The van der Waals surface area contributed by atoms with Crippen molar-refractivity contribution in [3.05, 3.63) is 30.0 Å². The molecule has 0 atom stereocenters. The predicted molar refractivity (Wildman–Crippen MR) is 140 cm³/mol. The number of aromatic nitrogens is 1. The number of rotatable bonds is 9. The number of H-pyrrole nitrogens is 1. The Morgan fingerprint density at radius 3 is 2.14 bits per heavy atom. The highest BCUT2D eigenvalue weighted by atomic mass is 16.5. The van der Waals surface area contributed by atoms with Crippen LogP contribution in [0, 0.1) is 0 Å². The number of Topliss-reactive ketones (excluding diaryl/α,β-unsaturated/α-hetero) is 1. The smallest absolute Gasteiger partial charge is 0.295 e. The molecule has 0 unspecified atom stereocenters. The van der Waals surface area contributed by atoms with Gasteiger partial charge in [-0.3, -0.25) is 19.2 Å². The van der Waals surface area contributed by atoms with E-state index in [2.05, 4.69) is 10.3 Å². The highest BCUT2D eigenvalue weighted by molar-refractivity contribution is 6.45. The SMILES string of the molecule is CNC(=O)CN(CC(=O)N(C1CCCCC1)C1CCCCC1)C(=O)C(=O)c1c[nH]c2cc(OC)ccc12. The van der Waals surface area contributed by atoms with Crippen molar-refractivity contribution in [2.75, 3.05) is 27.2 Å². The number of nitrogens with one attached hydrogen (secondary N) is 2. The van der Waals surface area contributed by atoms with E-state index < -0.39 is 17.6 Å². The predicted octanol–water partition coefficient (Wildman–Crippen LogP) is 3.43. The highest BCUT2D eigenvalue weighted by Gasteiger charge is 2.35. The molecule has 1 aromatic heterocycles. The molecule has 1 aromatic carbocycles. The van der Waals surface area contributed by atoms with Crippen LogP contribution in [-0.2, 0) is 14.4 Å². The second-order valence-electron chi connectivity index (χ2n) is 10.2. The Labute approximate surface area is 217 Å². The number of likely N-dealkylation sites (N-methyl/N-ethyl adjacent to an activating group) is 1. The van der Waals surface area contributed by atoms with Gasteiger partial charge in [-0.25, -0.2) is 0 Å². The molecule has 0 saturated heterocycles. The lowest BCUT2D eigenvalue weighted by Gasteiger charge is -2.42. The van der Waals surface area contributed by atoms with E-state index >= 15 is 0 Å². The van der Waals surface area contributed by atoms with Gasteiger partial charge in [-0.2, -0.15) is 0 Å². The lowest BCUT2D eigenvalue weighted by atomic mass is 9.88. The van der Waals surface area contributed by atoms with E-state index in [1.54, 1.807) is 25.3 Å². The first kappa shape index (κ1) is 26.7. The number of nitrogens with zero attached hydrogens (tertiary/aromatic N) is 2. The minimum absolute atomic E-state index is 0.153. The molecule has 2 aliphatic rings. The van der Waals surface area contributed by atoms with Crippen LogP contribution in [0.4, 0.5) is 0 Å². The molecule has 2 saturated carbocycles. The van der Waals surface area contributed by atoms with Crippen molar-refractivity contribution in [3.8, 4) is 5.75 Å². The second-order valence-corrected chi connectivity index (χ2v) is 10.2. The van der Waals surface area contributed by atoms with Crippen molar-refractivity contribution in [2.45, 2.75) is 76.3 Å². The second kappa shape index (κ2) is 12.3. The van der Waals surface area contributed by atoms with Crippen LogP contribution < -0.4 is 10.1 Å². The third-order valence-corrected chi connectivity index (χ3v) is 7.78. The van der Waals surface area contributed by atoms with Crippen molar-refractivity contribution in [1.29, 1.82) is 0 Å². The van der Waals surface area contributed by atoms with E-state index in [1.807, 2.05) is 4.90 Å². The summed E-state index contributed by atoms with van der Waals surface area (Å²) < 4.78 is 5.23. The maximum atomic E-state index is 13.8. The first-order valence-corrected chi connectivity index (χ1v) is 13.4. The molecule has 9 heteroatoms. The van der Waals surface area contributed by atoms with Crippen LogP contribution in [-0.4, -0.2) is 77.6 Å². The third kappa shape index (κ3) is 6.14. The first-order valence-electron chi connectivity index (χ1n) is 13.4. The number of benzene rings is 1. The quantitative estimate of drug-likeness (QED) is 0.397. The van der Waals surface area contributed by atoms with E-state index in [0.717, 1.165) is 56.3 Å². The van der Waals surface area contributed by atoms with Crippen molar-refractivity contribution < 1.29 is 23.9 Å². The molecule has 9 nitrogen and oxygen atoms in total. The molecule has 0 spiro atoms. The summed E-state index contributed by atoms with van der Waals surface area (Å²) in [5.41, 5.74) is 0.860. The summed E-state index contributed by atoms with van der Waals surface area (Å²) in [4.78, 5) is 59.0. The first-order chi connectivity index (χ1) is 17.9. The number of carbonyl (C=O) groups is 4. The van der Waals surface area contributed by atoms with Gasteiger partial charge in [0.2, 0.25) is 11.8 Å². The van der Waals surface area contributed by atoms with Crippen LogP contribution in [0.25, 0.3) is 10.9 Å². The van der Waals surface area contributed by atoms with Crippen LogP contribution in [0.5, 0.6) is 5.75 Å². The Balaban J connectivity index is 1.57. The lowest BCUT2D eigenvalue weighted by molar-refractivity contribution is -0.144. The number of amides is 3. The number of ketones is 1. The molecule has 2 aromatic rings. The van der Waals surface area contributed by atoms with E-state index in [-0.39, 0.29) is 36.6 Å². The fourth-order valence-electron chi connectivity index (χ4n) is 5.80. The average Bonchev–Trinajstić information content (AvgIpc) is 3.36. The van der Waals surface area contributed by atoms with Crippen molar-refractivity contribution >= 4 is 34.4 Å². The maximum Gasteiger partial charge on any atom is 0.295 e. The van der Waals surface area contributed by atoms with E-state index in [1.165, 1.54) is 26.1 Å². The van der Waals surface area contributed by atoms with Gasteiger partial charge in [0.25, 0.3) is 11.7 Å². The largest absolute Gasteiger partial charge is 0.497 e. The number of fused-ring (bicyclic) bond motifs is 1. The summed E-state index contributed by atoms with van der Waals surface area (Å²) in [6, 6.07) is 5.48. The molecule has 37 heavy (non-hydrogen) atoms. The van der Waals surface area contributed by atoms with Crippen molar-refractivity contribution in [1.82, 2.24) is 20.1 Å². The van der Waals surface area contributed by atoms with Gasteiger partial charge in [0.15, 0.2) is 0 Å². The topological polar surface area (TPSA) is 112 Å². The molecule has 0 radical (unpaired) electrons. The number of ether oxygens (including phenoxy) is 1. The summed E-state index contributed by atoms with van der Waals surface area (Å²) in [6.45, 7) is -0.645. The molecule has 0 aliphatic heterocycles. The zero-order valence-corrected chi connectivity index (χ0v) is 21.9. The van der Waals surface area contributed by atoms with Gasteiger partial charge in [0, 0.05) is 42.3 Å². The monoisotopic (exact) mass is 510 g/mol. The van der Waals surface area contributed by atoms with Gasteiger partial charge in [-0.05, 0) is 37.8 Å². The number of hydrogen-bond donors (Lipinski definition) is 2. The molecule has 2 aliphatic carbocycles. The Morgan fingerprint density at radius 1 is 0.946 bits per heavy atom. The van der Waals surface area contributed by atoms with Gasteiger partial charge in [0.05, 0.1) is 12.7 Å². The standard InChI is InChI=1S/C28H38N4O5/c1-29-25(33)17-31(28(36)27(35)23-16-30-24-15-21(37-2)13-14-22(23)24)18-26(34)32(19-9-5-3-6-10-19)20-11-7-4-8-12-20/h13-16,19-20,30H,3-12,17-18H2,1-2H3,(H,29,33). The number of carbonyl (C=O) groups excluding carboxylic acids is 4. The summed E-state index contributed by atoms with van der Waals surface area (Å²) >= 11 is 0. The Kier molecular flexibility index (Phi) is 8.84. The van der Waals surface area contributed by atoms with Gasteiger partial charge in [-0.15, -0.1) is 0 Å². The summed E-state index contributed by atoms with van der Waals surface area (Å²) in [6.07, 6.45) is 12.0. The Hall–Kier alpha value is -3.36. The van der Waals surface area contributed by atoms with Gasteiger partial charge in [-0.1, -0.05) is 38.5 Å². The zero-order chi connectivity index (χ0) is 26.4. The number of methoxy groups -OCH3 is 1. The van der Waals surface area contributed by atoms with E-state index in [9.17, 15) is 19.2 Å². The molecule has 2 fully saturated rings. The summed E-state index contributed by atoms with van der Waals surface area (Å²) in [5, 5.41) is 3.09. The summed E-state index contributed by atoms with van der Waals surface area (Å²) in [7, 11) is 3.02. The Bertz CT molecular complexity index is 1110. The molecule has 4 rings (SSSR count). The number of aromatic amines is 1. The summed E-state index contributed by atoms with van der Waals surface area (Å²) in [5.74, 6) is -1.60. The molecular weight excluding hydrogens is 472 g/mol. The van der Waals surface area contributed by atoms with Gasteiger partial charge < -0.3 is 24.8 Å². The van der Waals surface area contributed by atoms with Crippen molar-refractivity contribution in [3.63, 3.8) is 0 Å². The molecule has 3 amide bonds. The lowest BCUT2D eigenvalue weighted by Crippen LogP contribution is -2.54. The normalized spacial score (nSPS) is 16.8. The highest BCUT2D eigenvalue weighted by Crippen LogP contribution is 2.30. The maximum absolute atomic E-state index is 13.8. The average molecular weight is 511 g/mol. The number of hydrogen-bond acceptors (Lipinski definition) is 5. The van der Waals surface area contributed by atoms with Crippen molar-refractivity contribution in [2.24, 2.45) is 0 Å². The minimum Gasteiger partial charge on any atom is -0.497 e. The Morgan fingerprint density at radius 2 is 1.57 bits per heavy atom. The van der Waals surface area contributed by atoms with Gasteiger partial charge in [0.1, 0.15) is 18.8 Å². The molecule has 2 N–H and O–H groups in total. The van der Waals surface area contributed by atoms with E-state index in [0.29, 0.717) is 16.7 Å². The van der Waals surface area contributed by atoms with E-state index in [4.69, 9.17) is 4.74 Å². The molecule has 0 bridgehead atoms. The van der Waals surface area contributed by atoms with Crippen LogP contribution in [0.3, 0.4) is 0 Å². The minimum atomic E-state index is -0.860. The molecule has 200 valence electrons. The van der Waals surface area contributed by atoms with Crippen LogP contribution in [0.2, 0.25) is 0 Å². The molecule has 1 heterocycles. The van der Waals surface area contributed by atoms with Crippen LogP contribution in [0.15, 0.2) is 24.4 Å². The molecular formula is C28H38N4O5. The fraction of sp³-hybridized carbons (Fsp3) is 0.571. The van der Waals surface area contributed by atoms with Crippen LogP contribution in [0.1, 0.15) is 74.6 Å². The fourth-order valence-corrected chi connectivity index (χ4v) is 5.80.